The van der Waals surface area contributed by atoms with E-state index in [9.17, 15) is 0 Å². The quantitative estimate of drug-likeness (QED) is 0.874. The van der Waals surface area contributed by atoms with E-state index in [-0.39, 0.29) is 0 Å². The molecule has 0 saturated carbocycles. The lowest BCUT2D eigenvalue weighted by molar-refractivity contribution is 1.18. The van der Waals surface area contributed by atoms with E-state index in [1.807, 2.05) is 18.2 Å². The number of rotatable bonds is 1. The van der Waals surface area contributed by atoms with E-state index >= 15 is 0 Å². The first-order chi connectivity index (χ1) is 7.16. The van der Waals surface area contributed by atoms with Gasteiger partial charge in [-0.2, -0.15) is 0 Å². The molecule has 2 N–H and O–H groups in total. The van der Waals surface area contributed by atoms with Crippen LogP contribution in [0.4, 0.5) is 5.82 Å². The van der Waals surface area contributed by atoms with Crippen LogP contribution in [0.15, 0.2) is 39.4 Å². The lowest BCUT2D eigenvalue weighted by Gasteiger charge is -2.02. The fourth-order valence-corrected chi connectivity index (χ4v) is 1.77. The zero-order valence-corrected chi connectivity index (χ0v) is 10.8. The topological polar surface area (TPSA) is 51.8 Å². The minimum atomic E-state index is 0.471. The fraction of sp³-hybridized carbons (Fsp3) is 0. The Balaban J connectivity index is 2.50. The van der Waals surface area contributed by atoms with Crippen LogP contribution in [-0.2, 0) is 0 Å². The number of hydrogen-bond donors (Lipinski definition) is 1. The molecule has 0 radical (unpaired) electrons. The van der Waals surface area contributed by atoms with Crippen LogP contribution in [-0.4, -0.2) is 9.97 Å². The zero-order chi connectivity index (χ0) is 10.8. The Bertz CT molecular complexity index is 500. The van der Waals surface area contributed by atoms with Gasteiger partial charge < -0.3 is 5.73 Å². The molecular formula is C10H7Br2N3. The molecule has 0 aliphatic rings. The summed E-state index contributed by atoms with van der Waals surface area (Å²) in [5.41, 5.74) is 6.52. The van der Waals surface area contributed by atoms with Gasteiger partial charge in [-0.05, 0) is 56.1 Å². The van der Waals surface area contributed by atoms with Crippen molar-refractivity contribution in [2.24, 2.45) is 0 Å². The molecule has 0 aliphatic carbocycles. The highest BCUT2D eigenvalue weighted by molar-refractivity contribution is 9.13. The Morgan fingerprint density at radius 3 is 2.53 bits per heavy atom. The predicted molar refractivity (Wildman–Crippen MR) is 67.3 cm³/mol. The van der Waals surface area contributed by atoms with Crippen LogP contribution in [0.25, 0.3) is 11.4 Å². The van der Waals surface area contributed by atoms with Crippen molar-refractivity contribution in [3.8, 4) is 11.4 Å². The minimum Gasteiger partial charge on any atom is -0.384 e. The molecule has 2 rings (SSSR count). The molecule has 3 nitrogen and oxygen atoms in total. The normalized spacial score (nSPS) is 10.3. The first-order valence-electron chi connectivity index (χ1n) is 4.21. The molecule has 1 aromatic heterocycles. The summed E-state index contributed by atoms with van der Waals surface area (Å²) in [6, 6.07) is 7.48. The summed E-state index contributed by atoms with van der Waals surface area (Å²) < 4.78 is 1.96. The Morgan fingerprint density at radius 2 is 1.87 bits per heavy atom. The van der Waals surface area contributed by atoms with Gasteiger partial charge in [-0.15, -0.1) is 0 Å². The molecule has 5 heteroatoms. The first kappa shape index (κ1) is 10.6. The molecule has 0 atom stereocenters. The predicted octanol–water partition coefficient (Wildman–Crippen LogP) is 3.25. The second-order valence-corrected chi connectivity index (χ2v) is 4.64. The summed E-state index contributed by atoms with van der Waals surface area (Å²) >= 11 is 6.83. The number of hydrogen-bond acceptors (Lipinski definition) is 3. The van der Waals surface area contributed by atoms with Crippen LogP contribution >= 0.6 is 31.9 Å². The summed E-state index contributed by atoms with van der Waals surface area (Å²) in [6.07, 6.45) is 1.65. The average molecular weight is 329 g/mol. The van der Waals surface area contributed by atoms with E-state index in [0.717, 1.165) is 14.5 Å². The third-order valence-corrected chi connectivity index (χ3v) is 3.73. The standard InChI is InChI=1S/C10H7Br2N3/c11-7-2-1-6(5-8(7)12)10-14-4-3-9(13)15-10/h1-5H,(H2,13,14,15). The summed E-state index contributed by atoms with van der Waals surface area (Å²) in [4.78, 5) is 8.30. The molecule has 1 heterocycles. The van der Waals surface area contributed by atoms with Gasteiger partial charge in [0.15, 0.2) is 5.82 Å². The second kappa shape index (κ2) is 4.28. The fourth-order valence-electron chi connectivity index (χ4n) is 1.15. The second-order valence-electron chi connectivity index (χ2n) is 2.93. The van der Waals surface area contributed by atoms with Crippen LogP contribution in [0.3, 0.4) is 0 Å². The highest BCUT2D eigenvalue weighted by atomic mass is 79.9. The van der Waals surface area contributed by atoms with E-state index in [0.29, 0.717) is 11.6 Å². The van der Waals surface area contributed by atoms with Crippen molar-refractivity contribution >= 4 is 37.7 Å². The molecule has 0 amide bonds. The maximum atomic E-state index is 5.59. The molecule has 0 spiro atoms. The largest absolute Gasteiger partial charge is 0.384 e. The maximum absolute atomic E-state index is 5.59. The summed E-state index contributed by atoms with van der Waals surface area (Å²) in [7, 11) is 0. The van der Waals surface area contributed by atoms with E-state index in [4.69, 9.17) is 5.73 Å². The third kappa shape index (κ3) is 2.35. The van der Waals surface area contributed by atoms with E-state index < -0.39 is 0 Å². The summed E-state index contributed by atoms with van der Waals surface area (Å²) in [5.74, 6) is 1.10. The van der Waals surface area contributed by atoms with Crippen LogP contribution in [0.1, 0.15) is 0 Å². The smallest absolute Gasteiger partial charge is 0.161 e. The van der Waals surface area contributed by atoms with Gasteiger partial charge in [-0.1, -0.05) is 0 Å². The van der Waals surface area contributed by atoms with Gasteiger partial charge in [0.25, 0.3) is 0 Å². The number of benzene rings is 1. The van der Waals surface area contributed by atoms with Crippen molar-refractivity contribution in [2.75, 3.05) is 5.73 Å². The van der Waals surface area contributed by atoms with Crippen LogP contribution in [0.2, 0.25) is 0 Å². The van der Waals surface area contributed by atoms with Gasteiger partial charge >= 0.3 is 0 Å². The van der Waals surface area contributed by atoms with Gasteiger partial charge in [0.05, 0.1) is 0 Å². The molecular weight excluding hydrogens is 322 g/mol. The number of aromatic nitrogens is 2. The Hall–Kier alpha value is -0.940. The van der Waals surface area contributed by atoms with Crippen LogP contribution in [0.5, 0.6) is 0 Å². The number of anilines is 1. The zero-order valence-electron chi connectivity index (χ0n) is 7.61. The first-order valence-corrected chi connectivity index (χ1v) is 5.79. The monoisotopic (exact) mass is 327 g/mol. The van der Waals surface area contributed by atoms with Crippen molar-refractivity contribution in [2.45, 2.75) is 0 Å². The number of halogens is 2. The maximum Gasteiger partial charge on any atom is 0.161 e. The molecule has 15 heavy (non-hydrogen) atoms. The number of nitrogens with two attached hydrogens (primary N) is 1. The van der Waals surface area contributed by atoms with Crippen molar-refractivity contribution in [1.29, 1.82) is 0 Å². The summed E-state index contributed by atoms with van der Waals surface area (Å²) in [6.45, 7) is 0. The van der Waals surface area contributed by atoms with Gasteiger partial charge in [0.2, 0.25) is 0 Å². The van der Waals surface area contributed by atoms with Crippen molar-refractivity contribution in [1.82, 2.24) is 9.97 Å². The van der Waals surface area contributed by atoms with Crippen molar-refractivity contribution in [3.05, 3.63) is 39.4 Å². The lowest BCUT2D eigenvalue weighted by atomic mass is 10.2. The minimum absolute atomic E-state index is 0.471. The molecule has 2 aromatic rings. The van der Waals surface area contributed by atoms with Gasteiger partial charge in [0, 0.05) is 20.7 Å². The van der Waals surface area contributed by atoms with E-state index in [1.165, 1.54) is 0 Å². The Labute approximate surface area is 104 Å². The van der Waals surface area contributed by atoms with Gasteiger partial charge in [0.1, 0.15) is 5.82 Å². The van der Waals surface area contributed by atoms with Crippen molar-refractivity contribution < 1.29 is 0 Å². The highest BCUT2D eigenvalue weighted by Gasteiger charge is 2.03. The average Bonchev–Trinajstić information content (AvgIpc) is 2.22. The SMILES string of the molecule is Nc1ccnc(-c2ccc(Br)c(Br)c2)n1. The molecule has 1 aromatic carbocycles. The molecule has 0 aliphatic heterocycles. The summed E-state index contributed by atoms with van der Waals surface area (Å²) in [5, 5.41) is 0. The highest BCUT2D eigenvalue weighted by Crippen LogP contribution is 2.27. The van der Waals surface area contributed by atoms with Crippen LogP contribution in [0, 0.1) is 0 Å². The molecule has 0 saturated heterocycles. The lowest BCUT2D eigenvalue weighted by Crippen LogP contribution is -1.94. The molecule has 0 unspecified atom stereocenters. The van der Waals surface area contributed by atoms with Gasteiger partial charge in [-0.25, -0.2) is 9.97 Å². The van der Waals surface area contributed by atoms with E-state index in [1.54, 1.807) is 12.3 Å². The molecule has 0 fully saturated rings. The molecule has 0 bridgehead atoms. The molecule has 76 valence electrons. The Morgan fingerprint density at radius 1 is 1.07 bits per heavy atom. The Kier molecular flexibility index (Phi) is 3.02. The van der Waals surface area contributed by atoms with Gasteiger partial charge in [-0.3, -0.25) is 0 Å². The van der Waals surface area contributed by atoms with Crippen molar-refractivity contribution in [3.63, 3.8) is 0 Å². The number of nitrogens with zero attached hydrogens (tertiary/aromatic N) is 2. The number of nitrogen functional groups attached to an aromatic ring is 1. The third-order valence-electron chi connectivity index (χ3n) is 1.85. The van der Waals surface area contributed by atoms with Crippen LogP contribution < -0.4 is 5.73 Å². The van der Waals surface area contributed by atoms with E-state index in [2.05, 4.69) is 41.8 Å².